The van der Waals surface area contributed by atoms with Gasteiger partial charge in [0.05, 0.1) is 7.11 Å². The summed E-state index contributed by atoms with van der Waals surface area (Å²) in [6, 6.07) is 4.16. The highest BCUT2D eigenvalue weighted by atomic mass is 79.9. The highest BCUT2D eigenvalue weighted by molar-refractivity contribution is 9.10. The third-order valence-corrected chi connectivity index (χ3v) is 4.37. The van der Waals surface area contributed by atoms with Crippen molar-refractivity contribution in [2.24, 2.45) is 5.92 Å². The summed E-state index contributed by atoms with van der Waals surface area (Å²) >= 11 is 3.68. The van der Waals surface area contributed by atoms with Crippen LogP contribution in [0.4, 0.5) is 0 Å². The predicted molar refractivity (Wildman–Crippen MR) is 70.1 cm³/mol. The largest absolute Gasteiger partial charge is 0.496 e. The maximum atomic E-state index is 5.44. The normalized spacial score (nSPS) is 20.1. The first-order valence-electron chi connectivity index (χ1n) is 5.75. The summed E-state index contributed by atoms with van der Waals surface area (Å²) in [5.74, 6) is 1.75. The zero-order chi connectivity index (χ0) is 11.5. The van der Waals surface area contributed by atoms with Crippen LogP contribution in [-0.4, -0.2) is 20.2 Å². The maximum absolute atomic E-state index is 5.44. The molecule has 1 heterocycles. The van der Waals surface area contributed by atoms with Gasteiger partial charge in [-0.05, 0) is 50.4 Å². The van der Waals surface area contributed by atoms with Gasteiger partial charge in [-0.25, -0.2) is 0 Å². The van der Waals surface area contributed by atoms with Crippen molar-refractivity contribution >= 4 is 15.9 Å². The van der Waals surface area contributed by atoms with Crippen molar-refractivity contribution in [3.63, 3.8) is 0 Å². The maximum Gasteiger partial charge on any atom is 0.123 e. The summed E-state index contributed by atoms with van der Waals surface area (Å²) in [5, 5.41) is 3.41. The number of halogens is 1. The Morgan fingerprint density at radius 2 is 2.31 bits per heavy atom. The summed E-state index contributed by atoms with van der Waals surface area (Å²) < 4.78 is 6.65. The monoisotopic (exact) mass is 283 g/mol. The Balaban J connectivity index is 2.25. The van der Waals surface area contributed by atoms with Crippen LogP contribution in [0.2, 0.25) is 0 Å². The van der Waals surface area contributed by atoms with E-state index < -0.39 is 0 Å². The lowest BCUT2D eigenvalue weighted by molar-refractivity contribution is 0.404. The summed E-state index contributed by atoms with van der Waals surface area (Å²) in [7, 11) is 1.74. The lowest BCUT2D eigenvalue weighted by Gasteiger charge is -2.15. The van der Waals surface area contributed by atoms with E-state index in [0.29, 0.717) is 0 Å². The van der Waals surface area contributed by atoms with E-state index in [0.717, 1.165) is 31.2 Å². The molecule has 1 unspecified atom stereocenters. The fourth-order valence-electron chi connectivity index (χ4n) is 2.28. The Hall–Kier alpha value is -0.540. The molecule has 0 saturated carbocycles. The van der Waals surface area contributed by atoms with Gasteiger partial charge in [0.1, 0.15) is 5.75 Å². The van der Waals surface area contributed by atoms with Crippen molar-refractivity contribution in [1.29, 1.82) is 0 Å². The summed E-state index contributed by atoms with van der Waals surface area (Å²) in [6.07, 6.45) is 2.36. The number of nitrogens with one attached hydrogen (secondary N) is 1. The molecule has 1 aromatic rings. The SMILES string of the molecule is COc1ccc(C)c(Br)c1CC1CCNC1. The fraction of sp³-hybridized carbons (Fsp3) is 0.538. The van der Waals surface area contributed by atoms with Gasteiger partial charge in [-0.2, -0.15) is 0 Å². The Morgan fingerprint density at radius 1 is 1.50 bits per heavy atom. The third-order valence-electron chi connectivity index (χ3n) is 3.27. The van der Waals surface area contributed by atoms with Crippen molar-refractivity contribution in [3.8, 4) is 5.75 Å². The van der Waals surface area contributed by atoms with Crippen molar-refractivity contribution < 1.29 is 4.74 Å². The van der Waals surface area contributed by atoms with E-state index in [1.165, 1.54) is 22.0 Å². The van der Waals surface area contributed by atoms with Gasteiger partial charge >= 0.3 is 0 Å². The topological polar surface area (TPSA) is 21.3 Å². The van der Waals surface area contributed by atoms with E-state index in [9.17, 15) is 0 Å². The van der Waals surface area contributed by atoms with Crippen molar-refractivity contribution in [2.75, 3.05) is 20.2 Å². The van der Waals surface area contributed by atoms with Crippen molar-refractivity contribution in [2.45, 2.75) is 19.8 Å². The van der Waals surface area contributed by atoms with Crippen LogP contribution >= 0.6 is 15.9 Å². The summed E-state index contributed by atoms with van der Waals surface area (Å²) in [5.41, 5.74) is 2.60. The van der Waals surface area contributed by atoms with Gasteiger partial charge in [-0.1, -0.05) is 22.0 Å². The fourth-order valence-corrected chi connectivity index (χ4v) is 2.77. The van der Waals surface area contributed by atoms with E-state index in [2.05, 4.69) is 40.3 Å². The number of ether oxygens (including phenoxy) is 1. The molecule has 1 atom stereocenters. The summed E-state index contributed by atoms with van der Waals surface area (Å²) in [4.78, 5) is 0. The Bertz CT molecular complexity index is 372. The molecule has 0 spiro atoms. The molecule has 1 fully saturated rings. The molecule has 2 rings (SSSR count). The standard InChI is InChI=1S/C13H18BrNO/c1-9-3-4-12(16-2)11(13(9)14)7-10-5-6-15-8-10/h3-4,10,15H,5-8H2,1-2H3. The number of hydrogen-bond donors (Lipinski definition) is 1. The first-order chi connectivity index (χ1) is 7.72. The van der Waals surface area contributed by atoms with E-state index in [1.807, 2.05) is 0 Å². The van der Waals surface area contributed by atoms with Crippen molar-refractivity contribution in [1.82, 2.24) is 5.32 Å². The molecule has 2 nitrogen and oxygen atoms in total. The second-order valence-electron chi connectivity index (χ2n) is 4.44. The molecule has 88 valence electrons. The molecule has 16 heavy (non-hydrogen) atoms. The number of rotatable bonds is 3. The van der Waals surface area contributed by atoms with Crippen molar-refractivity contribution in [3.05, 3.63) is 27.7 Å². The zero-order valence-electron chi connectivity index (χ0n) is 9.85. The highest BCUT2D eigenvalue weighted by Gasteiger charge is 2.19. The Morgan fingerprint density at radius 3 is 2.94 bits per heavy atom. The third kappa shape index (κ3) is 2.41. The lowest BCUT2D eigenvalue weighted by atomic mass is 9.97. The van der Waals surface area contributed by atoms with Gasteiger partial charge in [-0.15, -0.1) is 0 Å². The molecular formula is C13H18BrNO. The molecule has 0 aromatic heterocycles. The van der Waals surface area contributed by atoms with Gasteiger partial charge in [0.2, 0.25) is 0 Å². The minimum absolute atomic E-state index is 0.743. The van der Waals surface area contributed by atoms with E-state index in [4.69, 9.17) is 4.74 Å². The molecule has 1 saturated heterocycles. The van der Waals surface area contributed by atoms with Gasteiger partial charge in [0.25, 0.3) is 0 Å². The first-order valence-corrected chi connectivity index (χ1v) is 6.54. The molecule has 1 N–H and O–H groups in total. The average Bonchev–Trinajstić information content (AvgIpc) is 2.78. The Kier molecular flexibility index (Phi) is 3.87. The van der Waals surface area contributed by atoms with Crippen LogP contribution in [0.3, 0.4) is 0 Å². The highest BCUT2D eigenvalue weighted by Crippen LogP contribution is 2.32. The second-order valence-corrected chi connectivity index (χ2v) is 5.23. The lowest BCUT2D eigenvalue weighted by Crippen LogP contribution is -2.11. The smallest absolute Gasteiger partial charge is 0.123 e. The average molecular weight is 284 g/mol. The molecular weight excluding hydrogens is 266 g/mol. The van der Waals surface area contributed by atoms with Gasteiger partial charge in [-0.3, -0.25) is 0 Å². The molecule has 0 aliphatic carbocycles. The van der Waals surface area contributed by atoms with E-state index in [1.54, 1.807) is 7.11 Å². The van der Waals surface area contributed by atoms with Gasteiger partial charge < -0.3 is 10.1 Å². The minimum atomic E-state index is 0.743. The van der Waals surface area contributed by atoms with E-state index in [-0.39, 0.29) is 0 Å². The predicted octanol–water partition coefficient (Wildman–Crippen LogP) is 2.92. The van der Waals surface area contributed by atoms with Crippen LogP contribution < -0.4 is 10.1 Å². The first kappa shape index (κ1) is 11.9. The molecule has 1 aromatic carbocycles. The molecule has 3 heteroatoms. The van der Waals surface area contributed by atoms with Crippen LogP contribution in [0.25, 0.3) is 0 Å². The van der Waals surface area contributed by atoms with Crippen LogP contribution in [0.15, 0.2) is 16.6 Å². The molecule has 0 bridgehead atoms. The number of hydrogen-bond acceptors (Lipinski definition) is 2. The minimum Gasteiger partial charge on any atom is -0.496 e. The van der Waals surface area contributed by atoms with Gasteiger partial charge in [0, 0.05) is 10.0 Å². The second kappa shape index (κ2) is 5.19. The summed E-state index contributed by atoms with van der Waals surface area (Å²) in [6.45, 7) is 4.40. The zero-order valence-corrected chi connectivity index (χ0v) is 11.4. The van der Waals surface area contributed by atoms with Crippen LogP contribution in [0, 0.1) is 12.8 Å². The molecule has 0 radical (unpaired) electrons. The van der Waals surface area contributed by atoms with Crippen LogP contribution in [-0.2, 0) is 6.42 Å². The number of aryl methyl sites for hydroxylation is 1. The van der Waals surface area contributed by atoms with Crippen LogP contribution in [0.5, 0.6) is 5.75 Å². The molecule has 1 aliphatic heterocycles. The molecule has 1 aliphatic rings. The number of methoxy groups -OCH3 is 1. The molecule has 0 amide bonds. The van der Waals surface area contributed by atoms with Crippen LogP contribution in [0.1, 0.15) is 17.5 Å². The Labute approximate surface area is 106 Å². The quantitative estimate of drug-likeness (QED) is 0.921. The number of benzene rings is 1. The van der Waals surface area contributed by atoms with E-state index >= 15 is 0 Å². The van der Waals surface area contributed by atoms with Gasteiger partial charge in [0.15, 0.2) is 0 Å².